The maximum atomic E-state index is 12.1. The third-order valence-corrected chi connectivity index (χ3v) is 4.22. The zero-order chi connectivity index (χ0) is 17.8. The molecule has 6 nitrogen and oxygen atoms in total. The monoisotopic (exact) mass is 341 g/mol. The number of nitrogens with zero attached hydrogens (tertiary/aromatic N) is 2. The minimum atomic E-state index is -0.603. The third-order valence-electron chi connectivity index (χ3n) is 4.22. The summed E-state index contributed by atoms with van der Waals surface area (Å²) in [5.41, 5.74) is 1.88. The molecule has 1 N–H and O–H groups in total. The summed E-state index contributed by atoms with van der Waals surface area (Å²) in [7, 11) is 0. The Bertz CT molecular complexity index is 812. The van der Waals surface area contributed by atoms with Gasteiger partial charge in [0.2, 0.25) is 0 Å². The molecule has 1 amide bonds. The minimum Gasteiger partial charge on any atom is -0.481 e. The van der Waals surface area contributed by atoms with E-state index in [1.165, 1.54) is 4.57 Å². The van der Waals surface area contributed by atoms with Crippen LogP contribution >= 0.6 is 0 Å². The maximum Gasteiger partial charge on any atom is 0.260 e. The van der Waals surface area contributed by atoms with Gasteiger partial charge in [-0.2, -0.15) is 0 Å². The predicted octanol–water partition coefficient (Wildman–Crippen LogP) is 2.01. The van der Waals surface area contributed by atoms with Crippen LogP contribution in [0.1, 0.15) is 36.9 Å². The van der Waals surface area contributed by atoms with Crippen LogP contribution in [0.2, 0.25) is 0 Å². The number of hydrogen-bond acceptors (Lipinski definition) is 4. The fourth-order valence-corrected chi connectivity index (χ4v) is 2.60. The Labute approximate surface area is 146 Å². The highest BCUT2D eigenvalue weighted by Gasteiger charge is 2.25. The highest BCUT2D eigenvalue weighted by Crippen LogP contribution is 2.38. The second-order valence-corrected chi connectivity index (χ2v) is 6.49. The fourth-order valence-electron chi connectivity index (χ4n) is 2.60. The van der Waals surface area contributed by atoms with Gasteiger partial charge in [-0.05, 0) is 44.4 Å². The van der Waals surface area contributed by atoms with Crippen LogP contribution in [0.15, 0.2) is 41.5 Å². The smallest absolute Gasteiger partial charge is 0.260 e. The summed E-state index contributed by atoms with van der Waals surface area (Å²) in [5.74, 6) is 0.914. The zero-order valence-electron chi connectivity index (χ0n) is 14.6. The van der Waals surface area contributed by atoms with E-state index in [0.717, 1.165) is 24.1 Å². The van der Waals surface area contributed by atoms with E-state index in [9.17, 15) is 9.59 Å². The second kappa shape index (κ2) is 7.51. The Morgan fingerprint density at radius 1 is 1.40 bits per heavy atom. The number of rotatable bonds is 7. The molecule has 0 bridgehead atoms. The molecule has 1 aliphatic rings. The van der Waals surface area contributed by atoms with Crippen molar-refractivity contribution in [2.24, 2.45) is 0 Å². The van der Waals surface area contributed by atoms with Gasteiger partial charge in [0, 0.05) is 25.1 Å². The number of hydrogen-bond donors (Lipinski definition) is 1. The molecule has 1 saturated carbocycles. The number of benzene rings is 1. The predicted molar refractivity (Wildman–Crippen MR) is 94.8 cm³/mol. The van der Waals surface area contributed by atoms with Crippen LogP contribution in [0.4, 0.5) is 0 Å². The molecule has 6 heteroatoms. The molecule has 3 rings (SSSR count). The highest BCUT2D eigenvalue weighted by molar-refractivity contribution is 5.80. The van der Waals surface area contributed by atoms with Crippen molar-refractivity contribution in [3.8, 4) is 5.75 Å². The van der Waals surface area contributed by atoms with Gasteiger partial charge in [0.05, 0.1) is 12.0 Å². The first-order valence-corrected chi connectivity index (χ1v) is 8.60. The van der Waals surface area contributed by atoms with Gasteiger partial charge in [-0.3, -0.25) is 14.2 Å². The molecule has 132 valence electrons. The highest BCUT2D eigenvalue weighted by atomic mass is 16.5. The lowest BCUT2D eigenvalue weighted by Gasteiger charge is -2.15. The van der Waals surface area contributed by atoms with E-state index in [-0.39, 0.29) is 11.5 Å². The SMILES string of the molecule is Cc1cccc(O[C@H](C)C(=O)NCCn2cnc(C3CC3)cc2=O)c1. The van der Waals surface area contributed by atoms with Crippen molar-refractivity contribution < 1.29 is 9.53 Å². The summed E-state index contributed by atoms with van der Waals surface area (Å²) in [6, 6.07) is 9.17. The first-order chi connectivity index (χ1) is 12.0. The standard InChI is InChI=1S/C19H23N3O3/c1-13-4-3-5-16(10-13)25-14(2)19(24)20-8-9-22-12-21-17(11-18(22)23)15-6-7-15/h3-5,10-12,14-15H,6-9H2,1-2H3,(H,20,24)/t14-/m1/s1. The molecule has 1 aromatic heterocycles. The first kappa shape index (κ1) is 17.2. The van der Waals surface area contributed by atoms with Crippen molar-refractivity contribution in [3.63, 3.8) is 0 Å². The molecular weight excluding hydrogens is 318 g/mol. The Hall–Kier alpha value is -2.63. The van der Waals surface area contributed by atoms with Crippen LogP contribution in [0, 0.1) is 6.92 Å². The van der Waals surface area contributed by atoms with Crippen LogP contribution in [0.5, 0.6) is 5.75 Å². The summed E-state index contributed by atoms with van der Waals surface area (Å²) in [6.45, 7) is 4.41. The average molecular weight is 341 g/mol. The third kappa shape index (κ3) is 4.68. The fraction of sp³-hybridized carbons (Fsp3) is 0.421. The Kier molecular flexibility index (Phi) is 5.16. The summed E-state index contributed by atoms with van der Waals surface area (Å²) in [5, 5.41) is 2.79. The molecule has 0 aliphatic heterocycles. The number of aryl methyl sites for hydroxylation is 1. The van der Waals surface area contributed by atoms with Crippen molar-refractivity contribution >= 4 is 5.91 Å². The molecule has 0 saturated heterocycles. The van der Waals surface area contributed by atoms with Gasteiger partial charge in [0.15, 0.2) is 6.10 Å². The first-order valence-electron chi connectivity index (χ1n) is 8.60. The number of carbonyl (C=O) groups is 1. The summed E-state index contributed by atoms with van der Waals surface area (Å²) >= 11 is 0. The van der Waals surface area contributed by atoms with E-state index < -0.39 is 6.10 Å². The number of nitrogens with one attached hydrogen (secondary N) is 1. The number of ether oxygens (including phenoxy) is 1. The van der Waals surface area contributed by atoms with Gasteiger partial charge in [-0.1, -0.05) is 12.1 Å². The molecular formula is C19H23N3O3. The topological polar surface area (TPSA) is 73.2 Å². The second-order valence-electron chi connectivity index (χ2n) is 6.49. The van der Waals surface area contributed by atoms with Gasteiger partial charge >= 0.3 is 0 Å². The molecule has 1 heterocycles. The van der Waals surface area contributed by atoms with E-state index in [4.69, 9.17) is 4.74 Å². The van der Waals surface area contributed by atoms with Gasteiger partial charge in [0.25, 0.3) is 11.5 Å². The van der Waals surface area contributed by atoms with Crippen molar-refractivity contribution in [1.82, 2.24) is 14.9 Å². The van der Waals surface area contributed by atoms with Crippen molar-refractivity contribution in [2.45, 2.75) is 45.3 Å². The van der Waals surface area contributed by atoms with Gasteiger partial charge in [0.1, 0.15) is 5.75 Å². The molecule has 0 unspecified atom stereocenters. The molecule has 2 aromatic rings. The molecule has 1 aliphatic carbocycles. The minimum absolute atomic E-state index is 0.0739. The summed E-state index contributed by atoms with van der Waals surface area (Å²) in [6.07, 6.45) is 3.19. The summed E-state index contributed by atoms with van der Waals surface area (Å²) in [4.78, 5) is 28.5. The molecule has 1 aromatic carbocycles. The largest absolute Gasteiger partial charge is 0.481 e. The molecule has 25 heavy (non-hydrogen) atoms. The lowest BCUT2D eigenvalue weighted by atomic mass is 10.2. The quantitative estimate of drug-likeness (QED) is 0.836. The van der Waals surface area contributed by atoms with E-state index >= 15 is 0 Å². The van der Waals surface area contributed by atoms with Crippen LogP contribution < -0.4 is 15.6 Å². The summed E-state index contributed by atoms with van der Waals surface area (Å²) < 4.78 is 7.15. The maximum absolute atomic E-state index is 12.1. The Morgan fingerprint density at radius 3 is 2.88 bits per heavy atom. The molecule has 0 radical (unpaired) electrons. The lowest BCUT2D eigenvalue weighted by Crippen LogP contribution is -2.38. The molecule has 1 fully saturated rings. The Morgan fingerprint density at radius 2 is 2.20 bits per heavy atom. The van der Waals surface area contributed by atoms with Crippen LogP contribution in [0.3, 0.4) is 0 Å². The van der Waals surface area contributed by atoms with Crippen molar-refractivity contribution in [3.05, 3.63) is 58.3 Å². The number of aromatic nitrogens is 2. The van der Waals surface area contributed by atoms with Crippen molar-refractivity contribution in [2.75, 3.05) is 6.54 Å². The van der Waals surface area contributed by atoms with Gasteiger partial charge in [-0.15, -0.1) is 0 Å². The van der Waals surface area contributed by atoms with E-state index in [2.05, 4.69) is 10.3 Å². The van der Waals surface area contributed by atoms with Crippen LogP contribution in [0.25, 0.3) is 0 Å². The van der Waals surface area contributed by atoms with Crippen molar-refractivity contribution in [1.29, 1.82) is 0 Å². The van der Waals surface area contributed by atoms with E-state index in [1.54, 1.807) is 19.3 Å². The molecule has 0 spiro atoms. The normalized spacial score (nSPS) is 14.8. The van der Waals surface area contributed by atoms with Crippen LogP contribution in [-0.2, 0) is 11.3 Å². The van der Waals surface area contributed by atoms with E-state index in [1.807, 2.05) is 31.2 Å². The molecule has 1 atom stereocenters. The van der Waals surface area contributed by atoms with Crippen LogP contribution in [-0.4, -0.2) is 28.1 Å². The Balaban J connectivity index is 1.48. The zero-order valence-corrected chi connectivity index (χ0v) is 14.6. The number of carbonyl (C=O) groups excluding carboxylic acids is 1. The van der Waals surface area contributed by atoms with Gasteiger partial charge in [-0.25, -0.2) is 4.98 Å². The van der Waals surface area contributed by atoms with Gasteiger partial charge < -0.3 is 10.1 Å². The lowest BCUT2D eigenvalue weighted by molar-refractivity contribution is -0.127. The average Bonchev–Trinajstić information content (AvgIpc) is 3.41. The van der Waals surface area contributed by atoms with E-state index in [0.29, 0.717) is 24.8 Å². The number of amides is 1.